The number of halogens is 1. The van der Waals surface area contributed by atoms with Gasteiger partial charge < -0.3 is 9.52 Å². The van der Waals surface area contributed by atoms with E-state index in [1.54, 1.807) is 6.07 Å². The van der Waals surface area contributed by atoms with Gasteiger partial charge >= 0.3 is 0 Å². The van der Waals surface area contributed by atoms with Crippen LogP contribution in [0.1, 0.15) is 34.3 Å². The lowest BCUT2D eigenvalue weighted by molar-refractivity contribution is 0.176. The number of hydrogen-bond donors (Lipinski definition) is 1. The van der Waals surface area contributed by atoms with Crippen LogP contribution < -0.4 is 0 Å². The van der Waals surface area contributed by atoms with E-state index in [4.69, 9.17) is 4.42 Å². The average molecular weight is 248 g/mol. The van der Waals surface area contributed by atoms with Gasteiger partial charge in [-0.15, -0.1) is 0 Å². The van der Waals surface area contributed by atoms with Crippen LogP contribution in [0.15, 0.2) is 28.7 Å². The topological polar surface area (TPSA) is 33.4 Å². The van der Waals surface area contributed by atoms with E-state index in [0.717, 1.165) is 28.2 Å². The van der Waals surface area contributed by atoms with Crippen LogP contribution in [0.25, 0.3) is 0 Å². The van der Waals surface area contributed by atoms with Gasteiger partial charge in [0.15, 0.2) is 0 Å². The molecule has 0 aliphatic carbocycles. The molecule has 0 saturated carbocycles. The molecule has 2 rings (SSSR count). The smallest absolute Gasteiger partial charge is 0.123 e. The van der Waals surface area contributed by atoms with Crippen LogP contribution in [0, 0.1) is 26.6 Å². The highest BCUT2D eigenvalue weighted by atomic mass is 19.1. The number of benzene rings is 1. The number of hydrogen-bond acceptors (Lipinski definition) is 2. The second-order valence-corrected chi connectivity index (χ2v) is 4.66. The Kier molecular flexibility index (Phi) is 3.53. The van der Waals surface area contributed by atoms with Crippen molar-refractivity contribution < 1.29 is 13.9 Å². The summed E-state index contributed by atoms with van der Waals surface area (Å²) in [5, 5.41) is 10.2. The minimum atomic E-state index is -0.619. The molecule has 0 spiro atoms. The summed E-state index contributed by atoms with van der Waals surface area (Å²) in [4.78, 5) is 0. The molecule has 0 radical (unpaired) electrons. The zero-order valence-electron chi connectivity index (χ0n) is 10.8. The predicted molar refractivity (Wildman–Crippen MR) is 68.0 cm³/mol. The van der Waals surface area contributed by atoms with Crippen molar-refractivity contribution in [3.8, 4) is 0 Å². The van der Waals surface area contributed by atoms with Crippen molar-refractivity contribution in [2.45, 2.75) is 33.3 Å². The van der Waals surface area contributed by atoms with Crippen LogP contribution in [0.3, 0.4) is 0 Å². The van der Waals surface area contributed by atoms with Gasteiger partial charge in [-0.1, -0.05) is 6.07 Å². The summed E-state index contributed by atoms with van der Waals surface area (Å²) < 4.78 is 18.4. The van der Waals surface area contributed by atoms with Crippen LogP contribution in [-0.2, 0) is 6.42 Å². The van der Waals surface area contributed by atoms with Gasteiger partial charge in [0.1, 0.15) is 17.3 Å². The van der Waals surface area contributed by atoms with Crippen LogP contribution in [-0.4, -0.2) is 5.11 Å². The molecule has 2 nitrogen and oxygen atoms in total. The minimum Gasteiger partial charge on any atom is -0.466 e. The first kappa shape index (κ1) is 12.8. The Morgan fingerprint density at radius 2 is 1.94 bits per heavy atom. The first-order valence-corrected chi connectivity index (χ1v) is 5.97. The first-order valence-electron chi connectivity index (χ1n) is 5.97. The normalized spacial score (nSPS) is 12.7. The van der Waals surface area contributed by atoms with E-state index in [0.29, 0.717) is 6.42 Å². The second kappa shape index (κ2) is 4.94. The summed E-state index contributed by atoms with van der Waals surface area (Å²) >= 11 is 0. The zero-order valence-corrected chi connectivity index (χ0v) is 10.8. The Labute approximate surface area is 106 Å². The summed E-state index contributed by atoms with van der Waals surface area (Å²) in [6.45, 7) is 5.54. The summed E-state index contributed by atoms with van der Waals surface area (Å²) in [7, 11) is 0. The van der Waals surface area contributed by atoms with Crippen LogP contribution in [0.2, 0.25) is 0 Å². The quantitative estimate of drug-likeness (QED) is 0.900. The Morgan fingerprint density at radius 1 is 1.22 bits per heavy atom. The SMILES string of the molecule is Cc1cc(C(O)Cc2ccc(F)cc2C)c(C)o1. The molecule has 2 aromatic rings. The maximum atomic E-state index is 13.0. The third-order valence-corrected chi connectivity index (χ3v) is 3.16. The largest absolute Gasteiger partial charge is 0.466 e. The van der Waals surface area contributed by atoms with Gasteiger partial charge in [0.05, 0.1) is 6.10 Å². The third kappa shape index (κ3) is 2.62. The molecule has 1 aromatic heterocycles. The second-order valence-electron chi connectivity index (χ2n) is 4.66. The van der Waals surface area contributed by atoms with Crippen molar-refractivity contribution in [2.24, 2.45) is 0 Å². The highest BCUT2D eigenvalue weighted by molar-refractivity contribution is 5.30. The number of furan rings is 1. The van der Waals surface area contributed by atoms with Gasteiger partial charge in [0, 0.05) is 12.0 Å². The number of aliphatic hydroxyl groups is 1. The Balaban J connectivity index is 2.21. The molecule has 18 heavy (non-hydrogen) atoms. The van der Waals surface area contributed by atoms with Gasteiger partial charge in [-0.3, -0.25) is 0 Å². The average Bonchev–Trinajstić information content (AvgIpc) is 2.62. The van der Waals surface area contributed by atoms with Gasteiger partial charge in [0.2, 0.25) is 0 Å². The summed E-state index contributed by atoms with van der Waals surface area (Å²) in [6, 6.07) is 6.47. The van der Waals surface area contributed by atoms with Crippen LogP contribution in [0.4, 0.5) is 4.39 Å². The van der Waals surface area contributed by atoms with Gasteiger partial charge in [-0.25, -0.2) is 4.39 Å². The predicted octanol–water partition coefficient (Wildman–Crippen LogP) is 3.62. The zero-order chi connectivity index (χ0) is 13.3. The molecule has 3 heteroatoms. The van der Waals surface area contributed by atoms with E-state index in [-0.39, 0.29) is 5.82 Å². The van der Waals surface area contributed by atoms with E-state index in [2.05, 4.69) is 0 Å². The van der Waals surface area contributed by atoms with E-state index in [1.807, 2.05) is 26.8 Å². The molecule has 0 aliphatic heterocycles. The number of aryl methyl sites for hydroxylation is 3. The third-order valence-electron chi connectivity index (χ3n) is 3.16. The Morgan fingerprint density at radius 3 is 2.50 bits per heavy atom. The van der Waals surface area contributed by atoms with Crippen molar-refractivity contribution >= 4 is 0 Å². The minimum absolute atomic E-state index is 0.249. The summed E-state index contributed by atoms with van der Waals surface area (Å²) in [6.07, 6.45) is -0.155. The monoisotopic (exact) mass is 248 g/mol. The van der Waals surface area contributed by atoms with Crippen molar-refractivity contribution in [2.75, 3.05) is 0 Å². The molecule has 1 atom stereocenters. The van der Waals surface area contributed by atoms with Crippen molar-refractivity contribution in [1.82, 2.24) is 0 Å². The van der Waals surface area contributed by atoms with E-state index in [1.165, 1.54) is 12.1 Å². The molecule has 1 aromatic carbocycles. The molecule has 0 saturated heterocycles. The van der Waals surface area contributed by atoms with Gasteiger partial charge in [0.25, 0.3) is 0 Å². The molecule has 0 aliphatic rings. The number of aliphatic hydroxyl groups excluding tert-OH is 1. The van der Waals surface area contributed by atoms with Crippen molar-refractivity contribution in [3.63, 3.8) is 0 Å². The Hall–Kier alpha value is -1.61. The highest BCUT2D eigenvalue weighted by Crippen LogP contribution is 2.25. The molecular formula is C15H17FO2. The summed E-state index contributed by atoms with van der Waals surface area (Å²) in [5.41, 5.74) is 2.60. The molecule has 1 N–H and O–H groups in total. The molecule has 0 bridgehead atoms. The maximum absolute atomic E-state index is 13.0. The lowest BCUT2D eigenvalue weighted by atomic mass is 9.98. The highest BCUT2D eigenvalue weighted by Gasteiger charge is 2.16. The molecule has 0 amide bonds. The first-order chi connectivity index (χ1) is 8.47. The van der Waals surface area contributed by atoms with Gasteiger partial charge in [-0.05, 0) is 50.1 Å². The van der Waals surface area contributed by atoms with Crippen molar-refractivity contribution in [3.05, 3.63) is 58.3 Å². The molecule has 1 unspecified atom stereocenters. The van der Waals surface area contributed by atoms with Crippen LogP contribution >= 0.6 is 0 Å². The molecule has 0 fully saturated rings. The van der Waals surface area contributed by atoms with Gasteiger partial charge in [-0.2, -0.15) is 0 Å². The lowest BCUT2D eigenvalue weighted by Crippen LogP contribution is -2.03. The maximum Gasteiger partial charge on any atom is 0.123 e. The summed E-state index contributed by atoms with van der Waals surface area (Å²) in [5.74, 6) is 1.28. The molecule has 1 heterocycles. The fourth-order valence-corrected chi connectivity index (χ4v) is 2.19. The fraction of sp³-hybridized carbons (Fsp3) is 0.333. The molecular weight excluding hydrogens is 231 g/mol. The van der Waals surface area contributed by atoms with Crippen LogP contribution in [0.5, 0.6) is 0 Å². The Bertz CT molecular complexity index is 558. The van der Waals surface area contributed by atoms with E-state index >= 15 is 0 Å². The lowest BCUT2D eigenvalue weighted by Gasteiger charge is -2.12. The fourth-order valence-electron chi connectivity index (χ4n) is 2.19. The van der Waals surface area contributed by atoms with E-state index in [9.17, 15) is 9.50 Å². The standard InChI is InChI=1S/C15H17FO2/c1-9-6-13(16)5-4-12(9)8-15(17)14-7-10(2)18-11(14)3/h4-7,15,17H,8H2,1-3H3. The van der Waals surface area contributed by atoms with Crippen molar-refractivity contribution in [1.29, 1.82) is 0 Å². The number of rotatable bonds is 3. The molecule has 96 valence electrons. The van der Waals surface area contributed by atoms with E-state index < -0.39 is 6.10 Å².